The summed E-state index contributed by atoms with van der Waals surface area (Å²) in [5.74, 6) is 5.64. The van der Waals surface area contributed by atoms with E-state index in [1.807, 2.05) is 0 Å². The molecule has 0 aliphatic heterocycles. The second kappa shape index (κ2) is 6.52. The first-order valence-corrected chi connectivity index (χ1v) is 4.90. The fourth-order valence-corrected chi connectivity index (χ4v) is 1.19. The van der Waals surface area contributed by atoms with Crippen LogP contribution in [0.3, 0.4) is 0 Å². The van der Waals surface area contributed by atoms with Gasteiger partial charge in [-0.2, -0.15) is 0 Å². The van der Waals surface area contributed by atoms with Gasteiger partial charge in [0.15, 0.2) is 0 Å². The highest BCUT2D eigenvalue weighted by Crippen LogP contribution is 2.15. The Bertz CT molecular complexity index is 496. The largest absolute Gasteiger partial charge is 0.298 e. The summed E-state index contributed by atoms with van der Waals surface area (Å²) in [6.45, 7) is 0.328. The van der Waals surface area contributed by atoms with Crippen molar-refractivity contribution in [2.45, 2.75) is 6.42 Å². The van der Waals surface area contributed by atoms with Crippen LogP contribution >= 0.6 is 11.6 Å². The molecular formula is C11H8ClN3O. The van der Waals surface area contributed by atoms with Crippen molar-refractivity contribution in [3.63, 3.8) is 0 Å². The lowest BCUT2D eigenvalue weighted by molar-refractivity contribution is 0.112. The summed E-state index contributed by atoms with van der Waals surface area (Å²) in [6, 6.07) is 4.87. The molecule has 80 valence electrons. The molecule has 0 aliphatic carbocycles. The third-order valence-corrected chi connectivity index (χ3v) is 2.08. The number of aldehydes is 1. The zero-order valence-electron chi connectivity index (χ0n) is 8.35. The lowest BCUT2D eigenvalue weighted by Gasteiger charge is -1.96. The van der Waals surface area contributed by atoms with Crippen LogP contribution in [-0.4, -0.2) is 12.8 Å². The van der Waals surface area contributed by atoms with Crippen molar-refractivity contribution in [1.29, 1.82) is 0 Å². The van der Waals surface area contributed by atoms with Crippen LogP contribution in [0.15, 0.2) is 23.3 Å². The van der Waals surface area contributed by atoms with Gasteiger partial charge in [0.05, 0.1) is 5.02 Å². The molecule has 1 aromatic carbocycles. The summed E-state index contributed by atoms with van der Waals surface area (Å²) < 4.78 is 0. The maximum atomic E-state index is 10.5. The molecule has 0 N–H and O–H groups in total. The van der Waals surface area contributed by atoms with Crippen LogP contribution in [0.5, 0.6) is 0 Å². The van der Waals surface area contributed by atoms with E-state index in [4.69, 9.17) is 17.1 Å². The van der Waals surface area contributed by atoms with Gasteiger partial charge >= 0.3 is 0 Å². The lowest BCUT2D eigenvalue weighted by atomic mass is 10.1. The Morgan fingerprint density at radius 2 is 2.38 bits per heavy atom. The number of nitrogens with zero attached hydrogens (tertiary/aromatic N) is 3. The first-order valence-electron chi connectivity index (χ1n) is 4.52. The Kier molecular flexibility index (Phi) is 4.94. The minimum absolute atomic E-state index is 0.328. The van der Waals surface area contributed by atoms with E-state index in [2.05, 4.69) is 21.9 Å². The standard InChI is InChI=1S/C11H8ClN3O/c12-11-5-4-9(8-16)7-10(11)3-1-2-6-14-15-13/h4-5,7-8H,2,6H2. The summed E-state index contributed by atoms with van der Waals surface area (Å²) in [4.78, 5) is 13.1. The van der Waals surface area contributed by atoms with Crippen molar-refractivity contribution >= 4 is 17.9 Å². The number of rotatable bonds is 3. The van der Waals surface area contributed by atoms with Crippen molar-refractivity contribution in [2.24, 2.45) is 5.11 Å². The van der Waals surface area contributed by atoms with E-state index in [0.717, 1.165) is 6.29 Å². The minimum atomic E-state index is 0.328. The second-order valence-electron chi connectivity index (χ2n) is 2.86. The smallest absolute Gasteiger partial charge is 0.150 e. The molecule has 0 aliphatic rings. The minimum Gasteiger partial charge on any atom is -0.298 e. The van der Waals surface area contributed by atoms with Gasteiger partial charge in [-0.25, -0.2) is 0 Å². The maximum Gasteiger partial charge on any atom is 0.150 e. The molecule has 0 unspecified atom stereocenters. The average Bonchev–Trinajstić information content (AvgIpc) is 2.31. The molecule has 1 rings (SSSR count). The molecule has 16 heavy (non-hydrogen) atoms. The van der Waals surface area contributed by atoms with Gasteiger partial charge in [-0.05, 0) is 17.7 Å². The zero-order valence-corrected chi connectivity index (χ0v) is 9.11. The van der Waals surface area contributed by atoms with Gasteiger partial charge < -0.3 is 0 Å². The first-order chi connectivity index (χ1) is 7.77. The molecule has 0 fully saturated rings. The van der Waals surface area contributed by atoms with Crippen LogP contribution in [0.25, 0.3) is 10.4 Å². The highest BCUT2D eigenvalue weighted by molar-refractivity contribution is 6.31. The van der Waals surface area contributed by atoms with Gasteiger partial charge in [0.25, 0.3) is 0 Å². The van der Waals surface area contributed by atoms with Gasteiger partial charge in [0.2, 0.25) is 0 Å². The van der Waals surface area contributed by atoms with Crippen LogP contribution in [0, 0.1) is 11.8 Å². The molecule has 5 heteroatoms. The third kappa shape index (κ3) is 3.66. The van der Waals surface area contributed by atoms with Gasteiger partial charge in [0.1, 0.15) is 6.29 Å². The van der Waals surface area contributed by atoms with E-state index in [0.29, 0.717) is 29.1 Å². The molecule has 0 aromatic heterocycles. The summed E-state index contributed by atoms with van der Waals surface area (Å²) in [5.41, 5.74) is 9.18. The number of benzene rings is 1. The van der Waals surface area contributed by atoms with Gasteiger partial charge in [-0.3, -0.25) is 4.79 Å². The maximum absolute atomic E-state index is 10.5. The lowest BCUT2D eigenvalue weighted by Crippen LogP contribution is -1.83. The Morgan fingerprint density at radius 1 is 1.56 bits per heavy atom. The number of carbonyl (C=O) groups excluding carboxylic acids is 1. The SMILES string of the molecule is [N-]=[N+]=NCCC#Cc1cc(C=O)ccc1Cl. The molecule has 4 nitrogen and oxygen atoms in total. The second-order valence-corrected chi connectivity index (χ2v) is 3.27. The number of hydrogen-bond donors (Lipinski definition) is 0. The van der Waals surface area contributed by atoms with E-state index >= 15 is 0 Å². The van der Waals surface area contributed by atoms with E-state index < -0.39 is 0 Å². The van der Waals surface area contributed by atoms with E-state index in [1.165, 1.54) is 0 Å². The van der Waals surface area contributed by atoms with Crippen molar-refractivity contribution in [3.8, 4) is 11.8 Å². The topological polar surface area (TPSA) is 65.8 Å². The quantitative estimate of drug-likeness (QED) is 0.197. The Morgan fingerprint density at radius 3 is 3.06 bits per heavy atom. The molecule has 0 bridgehead atoms. The van der Waals surface area contributed by atoms with E-state index in [9.17, 15) is 4.79 Å². The highest BCUT2D eigenvalue weighted by atomic mass is 35.5. The van der Waals surface area contributed by atoms with Crippen LogP contribution in [0.4, 0.5) is 0 Å². The molecule has 0 spiro atoms. The molecule has 0 radical (unpaired) electrons. The first kappa shape index (κ1) is 12.1. The van der Waals surface area contributed by atoms with E-state index in [-0.39, 0.29) is 0 Å². The fraction of sp³-hybridized carbons (Fsp3) is 0.182. The molecule has 0 atom stereocenters. The van der Waals surface area contributed by atoms with Crippen molar-refractivity contribution < 1.29 is 4.79 Å². The summed E-state index contributed by atoms with van der Waals surface area (Å²) >= 11 is 5.89. The van der Waals surface area contributed by atoms with E-state index in [1.54, 1.807) is 18.2 Å². The number of hydrogen-bond acceptors (Lipinski definition) is 2. The van der Waals surface area contributed by atoms with Gasteiger partial charge in [0, 0.05) is 29.0 Å². The predicted octanol–water partition coefficient (Wildman–Crippen LogP) is 3.20. The number of azide groups is 1. The Hall–Kier alpha value is -1.95. The van der Waals surface area contributed by atoms with Crippen LogP contribution in [-0.2, 0) is 0 Å². The molecule has 1 aromatic rings. The molecule has 0 saturated carbocycles. The van der Waals surface area contributed by atoms with Crippen LogP contribution in [0.2, 0.25) is 5.02 Å². The molecule has 0 heterocycles. The molecule has 0 saturated heterocycles. The zero-order chi connectivity index (χ0) is 11.8. The summed E-state index contributed by atoms with van der Waals surface area (Å²) in [5, 5.41) is 3.85. The number of carbonyl (C=O) groups is 1. The summed E-state index contributed by atoms with van der Waals surface area (Å²) in [6.07, 6.45) is 1.20. The molecule has 0 amide bonds. The van der Waals surface area contributed by atoms with Gasteiger partial charge in [-0.1, -0.05) is 34.6 Å². The Labute approximate surface area is 97.9 Å². The fourth-order valence-electron chi connectivity index (χ4n) is 1.02. The van der Waals surface area contributed by atoms with Crippen LogP contribution in [0.1, 0.15) is 22.3 Å². The van der Waals surface area contributed by atoms with Crippen LogP contribution < -0.4 is 0 Å². The Balaban J connectivity index is 2.78. The van der Waals surface area contributed by atoms with Crippen molar-refractivity contribution in [2.75, 3.05) is 6.54 Å². The summed E-state index contributed by atoms with van der Waals surface area (Å²) in [7, 11) is 0. The predicted molar refractivity (Wildman–Crippen MR) is 62.3 cm³/mol. The monoisotopic (exact) mass is 233 g/mol. The van der Waals surface area contributed by atoms with Crippen molar-refractivity contribution in [1.82, 2.24) is 0 Å². The van der Waals surface area contributed by atoms with Gasteiger partial charge in [-0.15, -0.1) is 0 Å². The highest BCUT2D eigenvalue weighted by Gasteiger charge is 1.97. The van der Waals surface area contributed by atoms with Crippen molar-refractivity contribution in [3.05, 3.63) is 44.8 Å². The average molecular weight is 234 g/mol. The third-order valence-electron chi connectivity index (χ3n) is 1.75. The normalized spacial score (nSPS) is 8.56. The molecular weight excluding hydrogens is 226 g/mol. The number of halogens is 1.